The molecule has 0 bridgehead atoms. The smallest absolute Gasteiger partial charge is 0.268 e. The van der Waals surface area contributed by atoms with Gasteiger partial charge in [0, 0.05) is 22.1 Å². The molecule has 2 aromatic heterocycles. The molecule has 0 saturated carbocycles. The highest BCUT2D eigenvalue weighted by Gasteiger charge is 2.24. The molecule has 0 fully saturated rings. The second kappa shape index (κ2) is 5.74. The van der Waals surface area contributed by atoms with Gasteiger partial charge in [-0.3, -0.25) is 4.79 Å². The van der Waals surface area contributed by atoms with Crippen molar-refractivity contribution in [3.63, 3.8) is 0 Å². The number of rotatable bonds is 3. The summed E-state index contributed by atoms with van der Waals surface area (Å²) in [7, 11) is 0. The van der Waals surface area contributed by atoms with Gasteiger partial charge in [0.1, 0.15) is 5.69 Å². The van der Waals surface area contributed by atoms with Crippen LogP contribution in [0.3, 0.4) is 0 Å². The molecule has 1 aliphatic rings. The third-order valence-corrected chi connectivity index (χ3v) is 5.22. The molecule has 1 amide bonds. The normalized spacial score (nSPS) is 17.8. The van der Waals surface area contributed by atoms with Crippen molar-refractivity contribution in [3.05, 3.63) is 44.3 Å². The molecule has 1 unspecified atom stereocenters. The first-order chi connectivity index (χ1) is 9.69. The van der Waals surface area contributed by atoms with Gasteiger partial charge in [-0.25, -0.2) is 0 Å². The van der Waals surface area contributed by atoms with E-state index in [0.29, 0.717) is 0 Å². The van der Waals surface area contributed by atoms with Crippen LogP contribution >= 0.6 is 27.3 Å². The topological polar surface area (TPSA) is 34.0 Å². The Hall–Kier alpha value is -1.07. The maximum absolute atomic E-state index is 12.5. The Labute approximate surface area is 131 Å². The lowest BCUT2D eigenvalue weighted by molar-refractivity contribution is 0.0923. The SMILES string of the molecule is CCn1cc(Br)cc1C(=O)NC1CCCc2sccc21. The Bertz CT molecular complexity index is 632. The molecule has 2 heterocycles. The van der Waals surface area contributed by atoms with Crippen molar-refractivity contribution in [1.29, 1.82) is 0 Å². The summed E-state index contributed by atoms with van der Waals surface area (Å²) < 4.78 is 2.92. The van der Waals surface area contributed by atoms with Crippen molar-refractivity contribution in [1.82, 2.24) is 9.88 Å². The lowest BCUT2D eigenvalue weighted by Gasteiger charge is -2.23. The summed E-state index contributed by atoms with van der Waals surface area (Å²) in [5.74, 6) is 0.0154. The van der Waals surface area contributed by atoms with Gasteiger partial charge >= 0.3 is 0 Å². The predicted molar refractivity (Wildman–Crippen MR) is 85.3 cm³/mol. The van der Waals surface area contributed by atoms with Crippen LogP contribution in [0.15, 0.2) is 28.2 Å². The van der Waals surface area contributed by atoms with Crippen LogP contribution < -0.4 is 5.32 Å². The fourth-order valence-electron chi connectivity index (χ4n) is 2.80. The van der Waals surface area contributed by atoms with E-state index < -0.39 is 0 Å². The number of hydrogen-bond donors (Lipinski definition) is 1. The number of amides is 1. The highest BCUT2D eigenvalue weighted by atomic mass is 79.9. The molecule has 0 aromatic carbocycles. The highest BCUT2D eigenvalue weighted by Crippen LogP contribution is 2.33. The van der Waals surface area contributed by atoms with E-state index in [0.717, 1.165) is 36.0 Å². The van der Waals surface area contributed by atoms with E-state index in [4.69, 9.17) is 0 Å². The first kappa shape index (κ1) is 13.9. The molecular weight excluding hydrogens is 336 g/mol. The van der Waals surface area contributed by atoms with Gasteiger partial charge in [-0.15, -0.1) is 11.3 Å². The van der Waals surface area contributed by atoms with Crippen molar-refractivity contribution in [2.45, 2.75) is 38.8 Å². The zero-order valence-electron chi connectivity index (χ0n) is 11.4. The summed E-state index contributed by atoms with van der Waals surface area (Å²) in [6.45, 7) is 2.84. The molecule has 3 rings (SSSR count). The minimum absolute atomic E-state index is 0.0154. The Balaban J connectivity index is 1.80. The van der Waals surface area contributed by atoms with Gasteiger partial charge in [-0.2, -0.15) is 0 Å². The Kier molecular flexibility index (Phi) is 3.98. The largest absolute Gasteiger partial charge is 0.344 e. The number of fused-ring (bicyclic) bond motifs is 1. The van der Waals surface area contributed by atoms with Gasteiger partial charge < -0.3 is 9.88 Å². The Morgan fingerprint density at radius 3 is 3.25 bits per heavy atom. The minimum atomic E-state index is 0.0154. The standard InChI is InChI=1S/C15H17BrN2OS/c1-2-18-9-10(16)8-13(18)15(19)17-12-4-3-5-14-11(12)6-7-20-14/h6-9,12H,2-5H2,1H3,(H,17,19). The number of carbonyl (C=O) groups excluding carboxylic acids is 1. The van der Waals surface area contributed by atoms with Crippen LogP contribution in [0.4, 0.5) is 0 Å². The van der Waals surface area contributed by atoms with Crippen LogP contribution in [0.2, 0.25) is 0 Å². The number of aromatic nitrogens is 1. The summed E-state index contributed by atoms with van der Waals surface area (Å²) >= 11 is 5.24. The van der Waals surface area contributed by atoms with Gasteiger partial charge in [0.05, 0.1) is 6.04 Å². The lowest BCUT2D eigenvalue weighted by Crippen LogP contribution is -2.31. The van der Waals surface area contributed by atoms with Crippen LogP contribution in [0.1, 0.15) is 46.7 Å². The zero-order chi connectivity index (χ0) is 14.1. The molecule has 5 heteroatoms. The second-order valence-electron chi connectivity index (χ2n) is 5.05. The first-order valence-corrected chi connectivity index (χ1v) is 8.59. The van der Waals surface area contributed by atoms with E-state index in [1.165, 1.54) is 10.4 Å². The van der Waals surface area contributed by atoms with Gasteiger partial charge in [0.25, 0.3) is 5.91 Å². The van der Waals surface area contributed by atoms with Gasteiger partial charge in [-0.05, 0) is 65.2 Å². The average Bonchev–Trinajstić information content (AvgIpc) is 3.05. The van der Waals surface area contributed by atoms with Crippen molar-refractivity contribution >= 4 is 33.2 Å². The Morgan fingerprint density at radius 2 is 2.45 bits per heavy atom. The molecule has 0 radical (unpaired) electrons. The number of carbonyl (C=O) groups is 1. The zero-order valence-corrected chi connectivity index (χ0v) is 13.8. The van der Waals surface area contributed by atoms with E-state index in [2.05, 4.69) is 32.7 Å². The molecule has 1 N–H and O–H groups in total. The highest BCUT2D eigenvalue weighted by molar-refractivity contribution is 9.10. The maximum atomic E-state index is 12.5. The monoisotopic (exact) mass is 352 g/mol. The van der Waals surface area contributed by atoms with Gasteiger partial charge in [-0.1, -0.05) is 0 Å². The van der Waals surface area contributed by atoms with Crippen molar-refractivity contribution in [2.24, 2.45) is 0 Å². The molecule has 1 aliphatic carbocycles. The number of nitrogens with zero attached hydrogens (tertiary/aromatic N) is 1. The summed E-state index contributed by atoms with van der Waals surface area (Å²) in [5, 5.41) is 5.32. The van der Waals surface area contributed by atoms with E-state index in [-0.39, 0.29) is 11.9 Å². The van der Waals surface area contributed by atoms with Gasteiger partial charge in [0.15, 0.2) is 0 Å². The molecule has 0 saturated heterocycles. The van der Waals surface area contributed by atoms with E-state index >= 15 is 0 Å². The average molecular weight is 353 g/mol. The fourth-order valence-corrected chi connectivity index (χ4v) is 4.25. The van der Waals surface area contributed by atoms with Crippen molar-refractivity contribution < 1.29 is 4.79 Å². The third kappa shape index (κ3) is 2.56. The molecular formula is C15H17BrN2OS. The van der Waals surface area contributed by atoms with Crippen LogP contribution in [0.25, 0.3) is 0 Å². The quantitative estimate of drug-likeness (QED) is 0.884. The van der Waals surface area contributed by atoms with Gasteiger partial charge in [0.2, 0.25) is 0 Å². The van der Waals surface area contributed by atoms with Crippen LogP contribution in [-0.4, -0.2) is 10.5 Å². The summed E-state index contributed by atoms with van der Waals surface area (Å²) in [4.78, 5) is 13.9. The minimum Gasteiger partial charge on any atom is -0.344 e. The molecule has 0 spiro atoms. The number of nitrogens with one attached hydrogen (secondary N) is 1. The Morgan fingerprint density at radius 1 is 1.60 bits per heavy atom. The molecule has 20 heavy (non-hydrogen) atoms. The summed E-state index contributed by atoms with van der Waals surface area (Å²) in [5.41, 5.74) is 2.03. The number of halogens is 1. The van der Waals surface area contributed by atoms with E-state index in [9.17, 15) is 4.79 Å². The summed E-state index contributed by atoms with van der Waals surface area (Å²) in [6.07, 6.45) is 5.28. The molecule has 106 valence electrons. The number of thiophene rings is 1. The molecule has 3 nitrogen and oxygen atoms in total. The van der Waals surface area contributed by atoms with Crippen LogP contribution in [-0.2, 0) is 13.0 Å². The summed E-state index contributed by atoms with van der Waals surface area (Å²) in [6, 6.07) is 4.20. The molecule has 1 atom stereocenters. The second-order valence-corrected chi connectivity index (χ2v) is 6.96. The lowest BCUT2D eigenvalue weighted by atomic mass is 9.94. The van der Waals surface area contributed by atoms with Crippen LogP contribution in [0, 0.1) is 0 Å². The van der Waals surface area contributed by atoms with E-state index in [1.54, 1.807) is 11.3 Å². The van der Waals surface area contributed by atoms with Crippen molar-refractivity contribution in [2.75, 3.05) is 0 Å². The fraction of sp³-hybridized carbons (Fsp3) is 0.400. The third-order valence-electron chi connectivity index (χ3n) is 3.79. The molecule has 0 aliphatic heterocycles. The van der Waals surface area contributed by atoms with Crippen LogP contribution in [0.5, 0.6) is 0 Å². The first-order valence-electron chi connectivity index (χ1n) is 6.92. The van der Waals surface area contributed by atoms with E-state index in [1.807, 2.05) is 23.8 Å². The number of aryl methyl sites for hydroxylation is 2. The number of hydrogen-bond acceptors (Lipinski definition) is 2. The van der Waals surface area contributed by atoms with Crippen molar-refractivity contribution in [3.8, 4) is 0 Å². The molecule has 2 aromatic rings. The maximum Gasteiger partial charge on any atom is 0.268 e. The predicted octanol–water partition coefficient (Wildman–Crippen LogP) is 4.14.